The Labute approximate surface area is 92.9 Å². The minimum Gasteiger partial charge on any atom is -0.392 e. The van der Waals surface area contributed by atoms with Gasteiger partial charge < -0.3 is 5.11 Å². The molecule has 0 aliphatic heterocycles. The highest BCUT2D eigenvalue weighted by atomic mass is 16.3. The van der Waals surface area contributed by atoms with Crippen LogP contribution in [0.15, 0.2) is 23.8 Å². The van der Waals surface area contributed by atoms with Crippen molar-refractivity contribution in [2.24, 2.45) is 23.7 Å². The van der Waals surface area contributed by atoms with Crippen LogP contribution in [0.4, 0.5) is 0 Å². The Kier molecular flexibility index (Phi) is 3.01. The quantitative estimate of drug-likeness (QED) is 0.698. The van der Waals surface area contributed by atoms with Crippen LogP contribution in [0.1, 0.15) is 33.6 Å². The molecule has 0 heterocycles. The summed E-state index contributed by atoms with van der Waals surface area (Å²) < 4.78 is 0. The number of rotatable bonds is 1. The van der Waals surface area contributed by atoms with Gasteiger partial charge in [-0.25, -0.2) is 0 Å². The van der Waals surface area contributed by atoms with E-state index >= 15 is 0 Å². The van der Waals surface area contributed by atoms with E-state index in [2.05, 4.69) is 39.0 Å². The number of aliphatic hydroxyl groups excluding tert-OH is 1. The molecule has 0 saturated heterocycles. The van der Waals surface area contributed by atoms with Gasteiger partial charge in [0.15, 0.2) is 0 Å². The molecule has 0 radical (unpaired) electrons. The first-order chi connectivity index (χ1) is 7.13. The number of allylic oxidation sites excluding steroid dienone is 3. The number of hydrogen-bond donors (Lipinski definition) is 1. The van der Waals surface area contributed by atoms with E-state index in [0.29, 0.717) is 23.7 Å². The van der Waals surface area contributed by atoms with Gasteiger partial charge in [0.1, 0.15) is 0 Å². The molecule has 15 heavy (non-hydrogen) atoms. The summed E-state index contributed by atoms with van der Waals surface area (Å²) in [6.45, 7) is 6.70. The second kappa shape index (κ2) is 4.13. The molecule has 0 aromatic heterocycles. The van der Waals surface area contributed by atoms with Crippen molar-refractivity contribution < 1.29 is 5.11 Å². The largest absolute Gasteiger partial charge is 0.392 e. The number of fused-ring (bicyclic) bond motifs is 1. The maximum absolute atomic E-state index is 10.2. The Morgan fingerprint density at radius 1 is 1.40 bits per heavy atom. The summed E-state index contributed by atoms with van der Waals surface area (Å²) in [5, 5.41) is 10.2. The maximum atomic E-state index is 10.2. The van der Waals surface area contributed by atoms with Crippen molar-refractivity contribution in [3.8, 4) is 0 Å². The van der Waals surface area contributed by atoms with Crippen molar-refractivity contribution in [1.29, 1.82) is 0 Å². The van der Waals surface area contributed by atoms with Gasteiger partial charge >= 0.3 is 0 Å². The van der Waals surface area contributed by atoms with Crippen LogP contribution >= 0.6 is 0 Å². The first-order valence-electron chi connectivity index (χ1n) is 6.21. The SMILES string of the molecule is CC[C@@H]1[C@@H]2C(=C[C@H](C)C[C@@H]2O)C=C[C@@H]1C. The lowest BCUT2D eigenvalue weighted by Crippen LogP contribution is -2.37. The summed E-state index contributed by atoms with van der Waals surface area (Å²) in [6, 6.07) is 0. The van der Waals surface area contributed by atoms with E-state index in [1.165, 1.54) is 12.0 Å². The fourth-order valence-corrected chi connectivity index (χ4v) is 3.31. The molecule has 0 aromatic carbocycles. The Morgan fingerprint density at radius 2 is 2.13 bits per heavy atom. The van der Waals surface area contributed by atoms with Crippen LogP contribution in [0.25, 0.3) is 0 Å². The molecular weight excluding hydrogens is 184 g/mol. The van der Waals surface area contributed by atoms with Crippen molar-refractivity contribution in [1.82, 2.24) is 0 Å². The van der Waals surface area contributed by atoms with Gasteiger partial charge in [-0.05, 0) is 29.7 Å². The van der Waals surface area contributed by atoms with Crippen LogP contribution in [0, 0.1) is 23.7 Å². The summed E-state index contributed by atoms with van der Waals surface area (Å²) >= 11 is 0. The predicted octanol–water partition coefficient (Wildman–Crippen LogP) is 3.16. The molecule has 84 valence electrons. The zero-order chi connectivity index (χ0) is 11.0. The van der Waals surface area contributed by atoms with Crippen LogP contribution in [0.5, 0.6) is 0 Å². The molecule has 0 aromatic rings. The third-order valence-corrected chi connectivity index (χ3v) is 4.09. The molecule has 0 fully saturated rings. The van der Waals surface area contributed by atoms with E-state index in [1.807, 2.05) is 0 Å². The standard InChI is InChI=1S/C14H22O/c1-4-12-10(3)5-6-11-7-9(2)8-13(15)14(11)12/h5-7,9-10,12-15H,4,8H2,1-3H3/t9-,10-,12-,13-,14-/m0/s1. The summed E-state index contributed by atoms with van der Waals surface area (Å²) in [6.07, 6.45) is 8.87. The highest BCUT2D eigenvalue weighted by Crippen LogP contribution is 2.42. The topological polar surface area (TPSA) is 20.2 Å². The van der Waals surface area contributed by atoms with E-state index < -0.39 is 0 Å². The lowest BCUT2D eigenvalue weighted by atomic mass is 9.66. The van der Waals surface area contributed by atoms with E-state index in [9.17, 15) is 5.11 Å². The molecule has 1 heteroatoms. The Balaban J connectivity index is 2.33. The fraction of sp³-hybridized carbons (Fsp3) is 0.714. The molecule has 5 atom stereocenters. The van der Waals surface area contributed by atoms with Gasteiger partial charge in [0.2, 0.25) is 0 Å². The summed E-state index contributed by atoms with van der Waals surface area (Å²) in [5.41, 5.74) is 1.38. The molecule has 2 aliphatic carbocycles. The van der Waals surface area contributed by atoms with Crippen molar-refractivity contribution in [3.63, 3.8) is 0 Å². The van der Waals surface area contributed by atoms with Crippen LogP contribution in [0.3, 0.4) is 0 Å². The van der Waals surface area contributed by atoms with Gasteiger partial charge in [0, 0.05) is 5.92 Å². The van der Waals surface area contributed by atoms with Crippen molar-refractivity contribution in [2.75, 3.05) is 0 Å². The molecule has 0 unspecified atom stereocenters. The highest BCUT2D eigenvalue weighted by Gasteiger charge is 2.37. The normalized spacial score (nSPS) is 44.8. The van der Waals surface area contributed by atoms with Gasteiger partial charge in [-0.3, -0.25) is 0 Å². The van der Waals surface area contributed by atoms with E-state index in [-0.39, 0.29) is 6.10 Å². The highest BCUT2D eigenvalue weighted by molar-refractivity contribution is 5.31. The lowest BCUT2D eigenvalue weighted by molar-refractivity contribution is 0.0550. The van der Waals surface area contributed by atoms with Crippen molar-refractivity contribution in [2.45, 2.75) is 39.7 Å². The lowest BCUT2D eigenvalue weighted by Gasteiger charge is -2.41. The molecule has 0 spiro atoms. The second-order valence-corrected chi connectivity index (χ2v) is 5.26. The zero-order valence-electron chi connectivity index (χ0n) is 9.98. The molecule has 2 rings (SSSR count). The smallest absolute Gasteiger partial charge is 0.0617 e. The minimum atomic E-state index is -0.127. The third kappa shape index (κ3) is 1.90. The van der Waals surface area contributed by atoms with Crippen LogP contribution < -0.4 is 0 Å². The summed E-state index contributed by atoms with van der Waals surface area (Å²) in [7, 11) is 0. The molecule has 0 amide bonds. The Morgan fingerprint density at radius 3 is 2.80 bits per heavy atom. The molecule has 2 aliphatic rings. The molecule has 0 saturated carbocycles. The first kappa shape index (κ1) is 10.9. The fourth-order valence-electron chi connectivity index (χ4n) is 3.31. The van der Waals surface area contributed by atoms with E-state index in [1.54, 1.807) is 0 Å². The number of hydrogen-bond acceptors (Lipinski definition) is 1. The van der Waals surface area contributed by atoms with Gasteiger partial charge in [0.05, 0.1) is 6.10 Å². The van der Waals surface area contributed by atoms with Crippen molar-refractivity contribution >= 4 is 0 Å². The predicted molar refractivity (Wildman–Crippen MR) is 63.4 cm³/mol. The molecule has 0 bridgehead atoms. The monoisotopic (exact) mass is 206 g/mol. The van der Waals surface area contributed by atoms with Gasteiger partial charge in [0.25, 0.3) is 0 Å². The average Bonchev–Trinajstić information content (AvgIpc) is 2.18. The number of aliphatic hydroxyl groups is 1. The summed E-state index contributed by atoms with van der Waals surface area (Å²) in [5.74, 6) is 2.16. The Bertz CT molecular complexity index is 290. The van der Waals surface area contributed by atoms with Crippen molar-refractivity contribution in [3.05, 3.63) is 23.8 Å². The van der Waals surface area contributed by atoms with E-state index in [4.69, 9.17) is 0 Å². The average molecular weight is 206 g/mol. The second-order valence-electron chi connectivity index (χ2n) is 5.26. The molecular formula is C14H22O. The van der Waals surface area contributed by atoms with Crippen LogP contribution in [-0.4, -0.2) is 11.2 Å². The van der Waals surface area contributed by atoms with Crippen LogP contribution in [0.2, 0.25) is 0 Å². The van der Waals surface area contributed by atoms with Gasteiger partial charge in [-0.1, -0.05) is 45.4 Å². The first-order valence-corrected chi connectivity index (χ1v) is 6.21. The van der Waals surface area contributed by atoms with E-state index in [0.717, 1.165) is 6.42 Å². The van der Waals surface area contributed by atoms with Gasteiger partial charge in [-0.2, -0.15) is 0 Å². The Hall–Kier alpha value is -0.560. The zero-order valence-corrected chi connectivity index (χ0v) is 9.98. The van der Waals surface area contributed by atoms with Crippen LogP contribution in [-0.2, 0) is 0 Å². The molecule has 1 N–H and O–H groups in total. The third-order valence-electron chi connectivity index (χ3n) is 4.09. The summed E-state index contributed by atoms with van der Waals surface area (Å²) in [4.78, 5) is 0. The van der Waals surface area contributed by atoms with Gasteiger partial charge in [-0.15, -0.1) is 0 Å². The minimum absolute atomic E-state index is 0.127. The molecule has 1 nitrogen and oxygen atoms in total. The maximum Gasteiger partial charge on any atom is 0.0617 e.